The van der Waals surface area contributed by atoms with Crippen LogP contribution in [0.2, 0.25) is 0 Å². The van der Waals surface area contributed by atoms with E-state index in [1.165, 1.54) is 44.9 Å². The Morgan fingerprint density at radius 1 is 1.05 bits per heavy atom. The predicted octanol–water partition coefficient (Wildman–Crippen LogP) is 3.92. The van der Waals surface area contributed by atoms with Crippen molar-refractivity contribution in [3.8, 4) is 0 Å². The van der Waals surface area contributed by atoms with Gasteiger partial charge in [0.1, 0.15) is 12.2 Å². The quantitative estimate of drug-likeness (QED) is 0.661. The van der Waals surface area contributed by atoms with E-state index in [-0.39, 0.29) is 5.54 Å². The van der Waals surface area contributed by atoms with E-state index in [1.807, 2.05) is 4.68 Å². The Kier molecular flexibility index (Phi) is 7.82. The van der Waals surface area contributed by atoms with Gasteiger partial charge >= 0.3 is 0 Å². The van der Waals surface area contributed by atoms with Gasteiger partial charge in [0.2, 0.25) is 0 Å². The first kappa shape index (κ1) is 17.2. The van der Waals surface area contributed by atoms with E-state index in [4.69, 9.17) is 0 Å². The minimum absolute atomic E-state index is 0.121. The second kappa shape index (κ2) is 9.11. The monoisotopic (exact) mass is 280 g/mol. The summed E-state index contributed by atoms with van der Waals surface area (Å²) in [4.78, 5) is 4.35. The summed E-state index contributed by atoms with van der Waals surface area (Å²) in [5.74, 6) is 1.05. The lowest BCUT2D eigenvalue weighted by Gasteiger charge is -2.20. The van der Waals surface area contributed by atoms with Crippen LogP contribution in [-0.4, -0.2) is 20.3 Å². The van der Waals surface area contributed by atoms with Crippen molar-refractivity contribution in [2.45, 2.75) is 91.3 Å². The lowest BCUT2D eigenvalue weighted by Crippen LogP contribution is -2.36. The molecule has 0 bridgehead atoms. The molecular formula is C16H32N4. The fraction of sp³-hybridized carbons (Fsp3) is 0.875. The highest BCUT2D eigenvalue weighted by Gasteiger charge is 2.11. The van der Waals surface area contributed by atoms with Gasteiger partial charge in [-0.1, -0.05) is 45.4 Å². The zero-order valence-corrected chi connectivity index (χ0v) is 13.8. The molecule has 0 atom stereocenters. The maximum absolute atomic E-state index is 4.35. The second-order valence-corrected chi connectivity index (χ2v) is 6.62. The van der Waals surface area contributed by atoms with Gasteiger partial charge in [-0.25, -0.2) is 9.67 Å². The topological polar surface area (TPSA) is 42.7 Å². The van der Waals surface area contributed by atoms with Crippen LogP contribution in [0.3, 0.4) is 0 Å². The predicted molar refractivity (Wildman–Crippen MR) is 84.6 cm³/mol. The van der Waals surface area contributed by atoms with Crippen molar-refractivity contribution in [3.05, 3.63) is 12.2 Å². The number of hydrogen-bond acceptors (Lipinski definition) is 3. The molecule has 0 unspecified atom stereocenters. The number of aromatic nitrogens is 3. The third-order valence-corrected chi connectivity index (χ3v) is 3.45. The highest BCUT2D eigenvalue weighted by atomic mass is 15.3. The third kappa shape index (κ3) is 7.63. The van der Waals surface area contributed by atoms with E-state index >= 15 is 0 Å². The van der Waals surface area contributed by atoms with Gasteiger partial charge in [0.25, 0.3) is 0 Å². The van der Waals surface area contributed by atoms with Gasteiger partial charge < -0.3 is 5.32 Å². The highest BCUT2D eigenvalue weighted by Crippen LogP contribution is 2.08. The van der Waals surface area contributed by atoms with Crippen LogP contribution in [0.1, 0.15) is 78.5 Å². The number of unbranched alkanes of at least 4 members (excludes halogenated alkanes) is 6. The van der Waals surface area contributed by atoms with Gasteiger partial charge in [-0.15, -0.1) is 0 Å². The first-order valence-corrected chi connectivity index (χ1v) is 8.14. The number of nitrogens with one attached hydrogen (secondary N) is 1. The van der Waals surface area contributed by atoms with Crippen molar-refractivity contribution in [1.82, 2.24) is 20.1 Å². The fourth-order valence-corrected chi connectivity index (χ4v) is 2.17. The summed E-state index contributed by atoms with van der Waals surface area (Å²) in [6.07, 6.45) is 11.0. The molecule has 0 saturated heterocycles. The first-order chi connectivity index (χ1) is 9.53. The molecule has 0 saturated carbocycles. The van der Waals surface area contributed by atoms with Crippen molar-refractivity contribution < 1.29 is 0 Å². The lowest BCUT2D eigenvalue weighted by molar-refractivity contribution is 0.404. The zero-order valence-electron chi connectivity index (χ0n) is 13.8. The number of aryl methyl sites for hydroxylation is 1. The Labute approximate surface area is 124 Å². The summed E-state index contributed by atoms with van der Waals surface area (Å²) in [7, 11) is 0. The molecule has 1 aromatic heterocycles. The van der Waals surface area contributed by atoms with E-state index < -0.39 is 0 Å². The van der Waals surface area contributed by atoms with E-state index in [9.17, 15) is 0 Å². The number of rotatable bonds is 10. The Morgan fingerprint density at radius 3 is 2.35 bits per heavy atom. The maximum atomic E-state index is 4.35. The standard InChI is InChI=1S/C16H32N4/c1-5-6-7-8-9-10-11-12-20-15(17-14-19-20)13-18-16(2,3)4/h14,18H,5-13H2,1-4H3. The van der Waals surface area contributed by atoms with Gasteiger partial charge in [-0.05, 0) is 27.2 Å². The Morgan fingerprint density at radius 2 is 1.70 bits per heavy atom. The number of hydrogen-bond donors (Lipinski definition) is 1. The summed E-state index contributed by atoms with van der Waals surface area (Å²) in [6.45, 7) is 10.6. The molecule has 20 heavy (non-hydrogen) atoms. The smallest absolute Gasteiger partial charge is 0.140 e. The van der Waals surface area contributed by atoms with E-state index in [2.05, 4.69) is 43.1 Å². The molecule has 0 fully saturated rings. The zero-order chi connectivity index (χ0) is 14.8. The molecule has 0 amide bonds. The maximum Gasteiger partial charge on any atom is 0.140 e. The van der Waals surface area contributed by atoms with Crippen molar-refractivity contribution in [1.29, 1.82) is 0 Å². The van der Waals surface area contributed by atoms with Crippen molar-refractivity contribution in [2.75, 3.05) is 0 Å². The average molecular weight is 280 g/mol. The van der Waals surface area contributed by atoms with Crippen LogP contribution >= 0.6 is 0 Å². The Bertz CT molecular complexity index is 352. The van der Waals surface area contributed by atoms with Crippen LogP contribution < -0.4 is 5.32 Å². The van der Waals surface area contributed by atoms with Crippen LogP contribution in [0, 0.1) is 0 Å². The molecule has 116 valence electrons. The molecule has 0 aromatic carbocycles. The van der Waals surface area contributed by atoms with Crippen LogP contribution in [0.15, 0.2) is 6.33 Å². The molecule has 4 heteroatoms. The Balaban J connectivity index is 2.19. The van der Waals surface area contributed by atoms with E-state index in [0.29, 0.717) is 0 Å². The SMILES string of the molecule is CCCCCCCCCn1ncnc1CNC(C)(C)C. The normalized spacial score (nSPS) is 12.0. The minimum Gasteiger partial charge on any atom is -0.305 e. The molecule has 0 spiro atoms. The van der Waals surface area contributed by atoms with E-state index in [0.717, 1.165) is 18.9 Å². The fourth-order valence-electron chi connectivity index (χ4n) is 2.17. The molecule has 0 radical (unpaired) electrons. The molecule has 1 N–H and O–H groups in total. The third-order valence-electron chi connectivity index (χ3n) is 3.45. The van der Waals surface area contributed by atoms with Gasteiger partial charge in [-0.3, -0.25) is 0 Å². The molecule has 0 aliphatic carbocycles. The number of nitrogens with zero attached hydrogens (tertiary/aromatic N) is 3. The van der Waals surface area contributed by atoms with Crippen molar-refractivity contribution in [2.24, 2.45) is 0 Å². The summed E-state index contributed by atoms with van der Waals surface area (Å²) in [6, 6.07) is 0. The highest BCUT2D eigenvalue weighted by molar-refractivity contribution is 4.86. The van der Waals surface area contributed by atoms with Crippen LogP contribution in [-0.2, 0) is 13.1 Å². The largest absolute Gasteiger partial charge is 0.305 e. The van der Waals surface area contributed by atoms with E-state index in [1.54, 1.807) is 6.33 Å². The van der Waals surface area contributed by atoms with Crippen molar-refractivity contribution >= 4 is 0 Å². The molecule has 0 aliphatic rings. The van der Waals surface area contributed by atoms with Crippen molar-refractivity contribution in [3.63, 3.8) is 0 Å². The molecule has 4 nitrogen and oxygen atoms in total. The van der Waals surface area contributed by atoms with Gasteiger partial charge in [0.05, 0.1) is 6.54 Å². The molecule has 1 aromatic rings. The van der Waals surface area contributed by atoms with Gasteiger partial charge in [0.15, 0.2) is 0 Å². The summed E-state index contributed by atoms with van der Waals surface area (Å²) >= 11 is 0. The first-order valence-electron chi connectivity index (χ1n) is 8.14. The summed E-state index contributed by atoms with van der Waals surface area (Å²) < 4.78 is 2.05. The molecule has 1 rings (SSSR count). The minimum atomic E-state index is 0.121. The molecule has 0 aliphatic heterocycles. The van der Waals surface area contributed by atoms with Gasteiger partial charge in [-0.2, -0.15) is 5.10 Å². The molecule has 1 heterocycles. The van der Waals surface area contributed by atoms with Crippen LogP contribution in [0.25, 0.3) is 0 Å². The van der Waals surface area contributed by atoms with Crippen LogP contribution in [0.5, 0.6) is 0 Å². The van der Waals surface area contributed by atoms with Crippen LogP contribution in [0.4, 0.5) is 0 Å². The summed E-state index contributed by atoms with van der Waals surface area (Å²) in [5, 5.41) is 7.80. The Hall–Kier alpha value is -0.900. The average Bonchev–Trinajstić information content (AvgIpc) is 2.82. The molecular weight excluding hydrogens is 248 g/mol. The lowest BCUT2D eigenvalue weighted by atomic mass is 10.1. The van der Waals surface area contributed by atoms with Gasteiger partial charge in [0, 0.05) is 12.1 Å². The second-order valence-electron chi connectivity index (χ2n) is 6.62. The summed E-state index contributed by atoms with van der Waals surface area (Å²) in [5.41, 5.74) is 0.121.